The molecule has 5 rings (SSSR count). The number of thiol groups is 1. The van der Waals surface area contributed by atoms with Crippen molar-refractivity contribution >= 4 is 35.0 Å². The number of rotatable bonds is 25. The number of morpholine rings is 1. The Labute approximate surface area is 333 Å². The van der Waals surface area contributed by atoms with Crippen LogP contribution in [-0.4, -0.2) is 55.1 Å². The van der Waals surface area contributed by atoms with E-state index in [4.69, 9.17) is 4.74 Å². The van der Waals surface area contributed by atoms with Crippen molar-refractivity contribution in [3.8, 4) is 11.1 Å². The van der Waals surface area contributed by atoms with Crippen molar-refractivity contribution in [3.63, 3.8) is 0 Å². The average Bonchev–Trinajstić information content (AvgIpc) is 3.60. The van der Waals surface area contributed by atoms with Crippen LogP contribution in [0.5, 0.6) is 0 Å². The van der Waals surface area contributed by atoms with Gasteiger partial charge in [0.1, 0.15) is 5.54 Å². The SMILES string of the molecule is CCCCCCCCCCN(CCCCCCCCCC)C(CC)(C(=O)c1ccc(N2CCOCC2)cc1)c1[nH]c2ccccc2c1-c1ccc(S)cc1. The van der Waals surface area contributed by atoms with E-state index in [1.807, 2.05) is 0 Å². The number of carbonyl (C=O) groups is 1. The molecule has 4 aromatic rings. The highest BCUT2D eigenvalue weighted by Gasteiger charge is 2.47. The first-order valence-corrected chi connectivity index (χ1v) is 22.1. The fourth-order valence-corrected chi connectivity index (χ4v) is 8.76. The fraction of sp³-hybridized carbons (Fsp3) is 0.562. The van der Waals surface area contributed by atoms with Crippen LogP contribution >= 0.6 is 12.6 Å². The molecular formula is C48H69N3O2S. The summed E-state index contributed by atoms with van der Waals surface area (Å²) >= 11 is 4.64. The second kappa shape index (κ2) is 22.5. The zero-order chi connectivity index (χ0) is 38.0. The minimum Gasteiger partial charge on any atom is -0.378 e. The molecule has 6 heteroatoms. The first-order valence-electron chi connectivity index (χ1n) is 21.7. The molecule has 0 bridgehead atoms. The molecule has 3 aromatic carbocycles. The van der Waals surface area contributed by atoms with E-state index in [1.54, 1.807) is 0 Å². The van der Waals surface area contributed by atoms with Crippen LogP contribution in [0.1, 0.15) is 146 Å². The number of carbonyl (C=O) groups excluding carboxylic acids is 1. The van der Waals surface area contributed by atoms with Gasteiger partial charge in [-0.05, 0) is 80.4 Å². The number of anilines is 1. The summed E-state index contributed by atoms with van der Waals surface area (Å²) in [5.41, 5.74) is 5.43. The summed E-state index contributed by atoms with van der Waals surface area (Å²) in [7, 11) is 0. The van der Waals surface area contributed by atoms with Gasteiger partial charge in [0, 0.05) is 45.7 Å². The van der Waals surface area contributed by atoms with E-state index < -0.39 is 5.54 Å². The third-order valence-corrected chi connectivity index (χ3v) is 12.1. The minimum absolute atomic E-state index is 0.191. The summed E-state index contributed by atoms with van der Waals surface area (Å²) in [6.07, 6.45) is 21.0. The fourth-order valence-electron chi connectivity index (χ4n) is 8.61. The Morgan fingerprint density at radius 2 is 1.24 bits per heavy atom. The van der Waals surface area contributed by atoms with Crippen molar-refractivity contribution in [3.05, 3.63) is 84.1 Å². The lowest BCUT2D eigenvalue weighted by Crippen LogP contribution is -2.53. The molecule has 1 saturated heterocycles. The zero-order valence-corrected chi connectivity index (χ0v) is 34.7. The maximum Gasteiger partial charge on any atom is 0.189 e. The molecule has 2 heterocycles. The topological polar surface area (TPSA) is 48.6 Å². The number of H-pyrrole nitrogens is 1. The van der Waals surface area contributed by atoms with Crippen LogP contribution < -0.4 is 4.90 Å². The number of fused-ring (bicyclic) bond motifs is 1. The van der Waals surface area contributed by atoms with Crippen molar-refractivity contribution in [1.82, 2.24) is 9.88 Å². The Kier molecular flexibility index (Phi) is 17.5. The molecule has 1 aliphatic heterocycles. The smallest absolute Gasteiger partial charge is 0.189 e. The summed E-state index contributed by atoms with van der Waals surface area (Å²) in [5.74, 6) is 0.191. The van der Waals surface area contributed by atoms with Gasteiger partial charge in [0.25, 0.3) is 0 Å². The van der Waals surface area contributed by atoms with E-state index in [2.05, 4.69) is 121 Å². The Bertz CT molecular complexity index is 1640. The number of hydrogen-bond acceptors (Lipinski definition) is 5. The maximum absolute atomic E-state index is 15.7. The summed E-state index contributed by atoms with van der Waals surface area (Å²) in [6.45, 7) is 11.8. The third-order valence-electron chi connectivity index (χ3n) is 11.8. The van der Waals surface area contributed by atoms with Crippen LogP contribution in [-0.2, 0) is 10.3 Å². The second-order valence-electron chi connectivity index (χ2n) is 15.6. The Morgan fingerprint density at radius 1 is 0.704 bits per heavy atom. The van der Waals surface area contributed by atoms with Crippen molar-refractivity contribution in [2.75, 3.05) is 44.3 Å². The third kappa shape index (κ3) is 11.0. The summed E-state index contributed by atoms with van der Waals surface area (Å²) in [4.78, 5) is 25.5. The standard InChI is InChI=1S/C48H69N3O2S/c1-4-7-9-11-13-15-17-21-33-51(34-22-18-16-14-12-10-8-5-2)48(6-3,47(52)40-25-29-41(30-26-40)50-35-37-53-38-36-50)46-45(39-27-31-42(54)32-28-39)43-23-19-20-24-44(43)49-46/h19-20,23-32,49,54H,4-18,21-22,33-38H2,1-3H3. The normalized spacial score (nSPS) is 14.6. The van der Waals surface area contributed by atoms with Gasteiger partial charge >= 0.3 is 0 Å². The van der Waals surface area contributed by atoms with Crippen LogP contribution in [0.25, 0.3) is 22.0 Å². The highest BCUT2D eigenvalue weighted by Crippen LogP contribution is 2.45. The van der Waals surface area contributed by atoms with E-state index in [-0.39, 0.29) is 5.78 Å². The first-order chi connectivity index (χ1) is 26.5. The van der Waals surface area contributed by atoms with Gasteiger partial charge in [-0.25, -0.2) is 0 Å². The van der Waals surface area contributed by atoms with Crippen molar-refractivity contribution in [2.45, 2.75) is 140 Å². The molecule has 1 atom stereocenters. The van der Waals surface area contributed by atoms with Gasteiger partial charge in [0.15, 0.2) is 5.78 Å². The Hall–Kier alpha value is -3.06. The molecule has 0 aliphatic carbocycles. The van der Waals surface area contributed by atoms with Gasteiger partial charge in [0.05, 0.1) is 18.9 Å². The number of Topliss-reactive ketones (excluding diaryl/α,β-unsaturated/α-hetero) is 1. The molecule has 54 heavy (non-hydrogen) atoms. The van der Waals surface area contributed by atoms with Crippen LogP contribution in [0.3, 0.4) is 0 Å². The average molecular weight is 752 g/mol. The molecule has 294 valence electrons. The second-order valence-corrected chi connectivity index (χ2v) is 16.1. The lowest BCUT2D eigenvalue weighted by Gasteiger charge is -2.43. The summed E-state index contributed by atoms with van der Waals surface area (Å²) in [6, 6.07) is 25.6. The number of hydrogen-bond donors (Lipinski definition) is 2. The van der Waals surface area contributed by atoms with Gasteiger partial charge in [-0.1, -0.05) is 141 Å². The number of aromatic nitrogens is 1. The van der Waals surface area contributed by atoms with Crippen LogP contribution in [0, 0.1) is 0 Å². The lowest BCUT2D eigenvalue weighted by molar-refractivity contribution is 0.0472. The number of ketones is 1. The van der Waals surface area contributed by atoms with Gasteiger partial charge in [-0.15, -0.1) is 12.6 Å². The molecule has 1 fully saturated rings. The van der Waals surface area contributed by atoms with Crippen molar-refractivity contribution < 1.29 is 9.53 Å². The van der Waals surface area contributed by atoms with Gasteiger partial charge < -0.3 is 14.6 Å². The highest BCUT2D eigenvalue weighted by molar-refractivity contribution is 7.80. The predicted octanol–water partition coefficient (Wildman–Crippen LogP) is 13.0. The summed E-state index contributed by atoms with van der Waals surface area (Å²) in [5, 5.41) is 1.16. The van der Waals surface area contributed by atoms with Crippen molar-refractivity contribution in [1.29, 1.82) is 0 Å². The highest BCUT2D eigenvalue weighted by atomic mass is 32.1. The van der Waals surface area contributed by atoms with Gasteiger partial charge in [-0.3, -0.25) is 9.69 Å². The lowest BCUT2D eigenvalue weighted by atomic mass is 9.78. The molecule has 0 spiro atoms. The monoisotopic (exact) mass is 752 g/mol. The number of ether oxygens (including phenoxy) is 1. The van der Waals surface area contributed by atoms with E-state index >= 15 is 4.79 Å². The number of unbranched alkanes of at least 4 members (excludes halogenated alkanes) is 14. The number of nitrogens with one attached hydrogen (secondary N) is 1. The molecule has 1 N–H and O–H groups in total. The van der Waals surface area contributed by atoms with E-state index in [9.17, 15) is 0 Å². The number of benzene rings is 3. The van der Waals surface area contributed by atoms with Gasteiger partial charge in [0.2, 0.25) is 0 Å². The Morgan fingerprint density at radius 3 is 1.80 bits per heavy atom. The Balaban J connectivity index is 1.54. The summed E-state index contributed by atoms with van der Waals surface area (Å²) < 4.78 is 5.63. The molecule has 5 nitrogen and oxygen atoms in total. The largest absolute Gasteiger partial charge is 0.378 e. The number of para-hydroxylation sites is 1. The molecule has 1 aromatic heterocycles. The number of nitrogens with zero attached hydrogens (tertiary/aromatic N) is 2. The molecule has 0 radical (unpaired) electrons. The maximum atomic E-state index is 15.7. The molecular weight excluding hydrogens is 683 g/mol. The predicted molar refractivity (Wildman–Crippen MR) is 234 cm³/mol. The number of aromatic amines is 1. The molecule has 0 saturated carbocycles. The first kappa shape index (κ1) is 42.1. The quantitative estimate of drug-likeness (QED) is 0.0402. The van der Waals surface area contributed by atoms with Crippen LogP contribution in [0.15, 0.2) is 77.7 Å². The zero-order valence-electron chi connectivity index (χ0n) is 33.8. The van der Waals surface area contributed by atoms with Gasteiger partial charge in [-0.2, -0.15) is 0 Å². The van der Waals surface area contributed by atoms with E-state index in [1.165, 1.54) is 89.9 Å². The molecule has 1 unspecified atom stereocenters. The van der Waals surface area contributed by atoms with Crippen LogP contribution in [0.2, 0.25) is 0 Å². The van der Waals surface area contributed by atoms with Crippen molar-refractivity contribution in [2.24, 2.45) is 0 Å². The molecule has 1 aliphatic rings. The molecule has 0 amide bonds. The van der Waals surface area contributed by atoms with E-state index in [0.717, 1.165) is 96.1 Å². The minimum atomic E-state index is -0.864. The van der Waals surface area contributed by atoms with Crippen LogP contribution in [0.4, 0.5) is 5.69 Å². The van der Waals surface area contributed by atoms with E-state index in [0.29, 0.717) is 6.42 Å².